The molecule has 0 radical (unpaired) electrons. The van der Waals surface area contributed by atoms with Gasteiger partial charge in [0.05, 0.1) is 29.3 Å². The Bertz CT molecular complexity index is 1220. The Morgan fingerprint density at radius 3 is 2.09 bits per heavy atom. The number of rotatable bonds is 5. The standard InChI is InChI=1S/C26H23Cl2N3O/c1-4-32-23-15-17(16-29)5-14-22(23)24-30-25(2,18-6-10-20(27)11-7-18)26(3,31-24)19-8-12-21(28)13-9-19/h5-15H,4H2,1-3H3,(H,30,31). The molecule has 6 heteroatoms. The largest absolute Gasteiger partial charge is 0.493 e. The first-order chi connectivity index (χ1) is 15.3. The third kappa shape index (κ3) is 3.72. The fraction of sp³-hybridized carbons (Fsp3) is 0.231. The van der Waals surface area contributed by atoms with Crippen molar-refractivity contribution in [3.05, 3.63) is 99.0 Å². The van der Waals surface area contributed by atoms with E-state index in [1.807, 2.05) is 61.5 Å². The SMILES string of the molecule is CCOc1cc(C#N)ccc1C1=NC(C)(c2ccc(Cl)cc2)C(C)(c2ccc(Cl)cc2)N1. The summed E-state index contributed by atoms with van der Waals surface area (Å²) in [5.41, 5.74) is 2.18. The van der Waals surface area contributed by atoms with Gasteiger partial charge in [0.25, 0.3) is 0 Å². The lowest BCUT2D eigenvalue weighted by Gasteiger charge is -2.40. The van der Waals surface area contributed by atoms with E-state index in [1.54, 1.807) is 12.1 Å². The van der Waals surface area contributed by atoms with E-state index in [4.69, 9.17) is 32.9 Å². The highest BCUT2D eigenvalue weighted by Crippen LogP contribution is 2.48. The topological polar surface area (TPSA) is 57.4 Å². The van der Waals surface area contributed by atoms with Gasteiger partial charge in [-0.25, -0.2) is 0 Å². The molecule has 2 atom stereocenters. The van der Waals surface area contributed by atoms with Crippen LogP contribution in [0.25, 0.3) is 0 Å². The molecule has 3 aromatic rings. The highest BCUT2D eigenvalue weighted by atomic mass is 35.5. The van der Waals surface area contributed by atoms with E-state index >= 15 is 0 Å². The molecule has 0 fully saturated rings. The summed E-state index contributed by atoms with van der Waals surface area (Å²) in [6.07, 6.45) is 0. The summed E-state index contributed by atoms with van der Waals surface area (Å²) in [5, 5.41) is 14.3. The van der Waals surface area contributed by atoms with Crippen molar-refractivity contribution in [2.24, 2.45) is 4.99 Å². The van der Waals surface area contributed by atoms with E-state index in [0.717, 1.165) is 16.7 Å². The molecule has 1 heterocycles. The molecule has 1 aliphatic heterocycles. The summed E-state index contributed by atoms with van der Waals surface area (Å²) >= 11 is 12.3. The van der Waals surface area contributed by atoms with Crippen LogP contribution in [0.3, 0.4) is 0 Å². The normalized spacial score (nSPS) is 22.1. The first kappa shape index (κ1) is 22.2. The molecule has 162 valence electrons. The molecule has 2 unspecified atom stereocenters. The lowest BCUT2D eigenvalue weighted by atomic mass is 9.72. The van der Waals surface area contributed by atoms with Crippen LogP contribution in [0.4, 0.5) is 0 Å². The smallest absolute Gasteiger partial charge is 0.133 e. The van der Waals surface area contributed by atoms with Crippen LogP contribution in [0, 0.1) is 11.3 Å². The summed E-state index contributed by atoms with van der Waals surface area (Å²) in [7, 11) is 0. The third-order valence-electron chi connectivity index (χ3n) is 6.17. The van der Waals surface area contributed by atoms with Gasteiger partial charge in [0, 0.05) is 10.0 Å². The number of nitrogens with one attached hydrogen (secondary N) is 1. The van der Waals surface area contributed by atoms with Gasteiger partial charge in [-0.2, -0.15) is 5.26 Å². The fourth-order valence-electron chi connectivity index (χ4n) is 4.18. The van der Waals surface area contributed by atoms with Crippen LogP contribution in [0.5, 0.6) is 5.75 Å². The Morgan fingerprint density at radius 1 is 0.938 bits per heavy atom. The maximum atomic E-state index is 9.32. The molecule has 0 bridgehead atoms. The maximum absolute atomic E-state index is 9.32. The van der Waals surface area contributed by atoms with Gasteiger partial charge in [0.2, 0.25) is 0 Å². The van der Waals surface area contributed by atoms with Gasteiger partial charge in [0.1, 0.15) is 17.1 Å². The number of benzene rings is 3. The van der Waals surface area contributed by atoms with Gasteiger partial charge in [-0.05, 0) is 74.4 Å². The van der Waals surface area contributed by atoms with Crippen LogP contribution in [0.15, 0.2) is 71.7 Å². The molecule has 1 N–H and O–H groups in total. The Labute approximate surface area is 198 Å². The van der Waals surface area contributed by atoms with Crippen LogP contribution in [-0.4, -0.2) is 12.4 Å². The monoisotopic (exact) mass is 463 g/mol. The van der Waals surface area contributed by atoms with Crippen molar-refractivity contribution in [2.45, 2.75) is 31.8 Å². The van der Waals surface area contributed by atoms with E-state index in [2.05, 4.69) is 25.2 Å². The van der Waals surface area contributed by atoms with Crippen LogP contribution in [0.1, 0.15) is 43.0 Å². The van der Waals surface area contributed by atoms with Crippen molar-refractivity contribution >= 4 is 29.0 Å². The third-order valence-corrected chi connectivity index (χ3v) is 6.67. The number of hydrogen-bond acceptors (Lipinski definition) is 4. The molecule has 0 spiro atoms. The van der Waals surface area contributed by atoms with Crippen molar-refractivity contribution in [1.82, 2.24) is 5.32 Å². The number of aliphatic imine (C=N–C) groups is 1. The van der Waals surface area contributed by atoms with Crippen LogP contribution in [-0.2, 0) is 11.1 Å². The van der Waals surface area contributed by atoms with Crippen molar-refractivity contribution < 1.29 is 4.74 Å². The molecule has 3 aromatic carbocycles. The number of amidine groups is 1. The quantitative estimate of drug-likeness (QED) is 0.473. The highest BCUT2D eigenvalue weighted by Gasteiger charge is 2.52. The zero-order valence-electron chi connectivity index (χ0n) is 18.1. The molecule has 0 saturated carbocycles. The average molecular weight is 464 g/mol. The summed E-state index contributed by atoms with van der Waals surface area (Å²) in [6, 6.07) is 23.2. The summed E-state index contributed by atoms with van der Waals surface area (Å²) < 4.78 is 5.86. The van der Waals surface area contributed by atoms with Gasteiger partial charge in [-0.15, -0.1) is 0 Å². The zero-order chi connectivity index (χ0) is 22.9. The minimum atomic E-state index is -0.655. The van der Waals surface area contributed by atoms with E-state index in [0.29, 0.717) is 33.8 Å². The fourth-order valence-corrected chi connectivity index (χ4v) is 4.43. The molecule has 0 aromatic heterocycles. The molecular formula is C26H23Cl2N3O. The van der Waals surface area contributed by atoms with Gasteiger partial charge in [0.15, 0.2) is 0 Å². The summed E-state index contributed by atoms with van der Waals surface area (Å²) in [5.74, 6) is 1.32. The van der Waals surface area contributed by atoms with Crippen LogP contribution in [0.2, 0.25) is 10.0 Å². The van der Waals surface area contributed by atoms with E-state index in [9.17, 15) is 5.26 Å². The predicted molar refractivity (Wildman–Crippen MR) is 130 cm³/mol. The van der Waals surface area contributed by atoms with Gasteiger partial charge >= 0.3 is 0 Å². The Morgan fingerprint density at radius 2 is 1.53 bits per heavy atom. The summed E-state index contributed by atoms with van der Waals surface area (Å²) in [6.45, 7) is 6.64. The van der Waals surface area contributed by atoms with E-state index in [1.165, 1.54) is 0 Å². The Balaban J connectivity index is 1.90. The van der Waals surface area contributed by atoms with E-state index in [-0.39, 0.29) is 0 Å². The lowest BCUT2D eigenvalue weighted by Crippen LogP contribution is -2.50. The minimum absolute atomic E-state index is 0.484. The second-order valence-corrected chi connectivity index (χ2v) is 8.93. The Hall–Kier alpha value is -3.00. The van der Waals surface area contributed by atoms with Crippen molar-refractivity contribution in [1.29, 1.82) is 5.26 Å². The molecule has 4 rings (SSSR count). The molecule has 4 nitrogen and oxygen atoms in total. The van der Waals surface area contributed by atoms with Crippen molar-refractivity contribution in [3.63, 3.8) is 0 Å². The first-order valence-electron chi connectivity index (χ1n) is 10.4. The molecular weight excluding hydrogens is 441 g/mol. The second-order valence-electron chi connectivity index (χ2n) is 8.05. The molecule has 0 aliphatic carbocycles. The average Bonchev–Trinajstić information content (AvgIpc) is 3.07. The van der Waals surface area contributed by atoms with Gasteiger partial charge in [-0.3, -0.25) is 4.99 Å². The highest BCUT2D eigenvalue weighted by molar-refractivity contribution is 6.30. The van der Waals surface area contributed by atoms with Crippen LogP contribution >= 0.6 is 23.2 Å². The van der Waals surface area contributed by atoms with Gasteiger partial charge in [-0.1, -0.05) is 47.5 Å². The maximum Gasteiger partial charge on any atom is 0.133 e. The zero-order valence-corrected chi connectivity index (χ0v) is 19.6. The predicted octanol–water partition coefficient (Wildman–Crippen LogP) is 6.44. The number of nitriles is 1. The molecule has 0 saturated heterocycles. The molecule has 1 aliphatic rings. The van der Waals surface area contributed by atoms with Crippen molar-refractivity contribution in [3.8, 4) is 11.8 Å². The second kappa shape index (κ2) is 8.50. The Kier molecular flexibility index (Phi) is 5.90. The molecule has 0 amide bonds. The van der Waals surface area contributed by atoms with E-state index < -0.39 is 11.1 Å². The molecule has 32 heavy (non-hydrogen) atoms. The summed E-state index contributed by atoms with van der Waals surface area (Å²) in [4.78, 5) is 5.21. The van der Waals surface area contributed by atoms with Gasteiger partial charge < -0.3 is 10.1 Å². The van der Waals surface area contributed by atoms with Crippen molar-refractivity contribution in [2.75, 3.05) is 6.61 Å². The lowest BCUT2D eigenvalue weighted by molar-refractivity contribution is 0.268. The van der Waals surface area contributed by atoms with Crippen LogP contribution < -0.4 is 10.1 Å². The number of halogens is 2. The first-order valence-corrected chi connectivity index (χ1v) is 11.1. The number of hydrogen-bond donors (Lipinski definition) is 1. The number of nitrogens with zero attached hydrogens (tertiary/aromatic N) is 2. The number of ether oxygens (including phenoxy) is 1. The minimum Gasteiger partial charge on any atom is -0.493 e.